The number of benzene rings is 1. The normalized spacial score (nSPS) is 10.4. The van der Waals surface area contributed by atoms with Crippen LogP contribution in [0.2, 0.25) is 0 Å². The maximum absolute atomic E-state index is 11.8. The molecule has 0 saturated carbocycles. The highest BCUT2D eigenvalue weighted by molar-refractivity contribution is 9.10. The summed E-state index contributed by atoms with van der Waals surface area (Å²) in [6.45, 7) is 0. The van der Waals surface area contributed by atoms with Gasteiger partial charge in [0.05, 0.1) is 0 Å². The van der Waals surface area contributed by atoms with E-state index >= 15 is 0 Å². The molecule has 0 bridgehead atoms. The molecule has 88 valence electrons. The van der Waals surface area contributed by atoms with Crippen LogP contribution < -0.4 is 0 Å². The van der Waals surface area contributed by atoms with Crippen LogP contribution in [0, 0.1) is 0 Å². The van der Waals surface area contributed by atoms with Gasteiger partial charge in [-0.3, -0.25) is 4.79 Å². The van der Waals surface area contributed by atoms with E-state index in [-0.39, 0.29) is 5.78 Å². The first kappa shape index (κ1) is 12.4. The summed E-state index contributed by atoms with van der Waals surface area (Å²) in [7, 11) is 0. The Labute approximate surface area is 112 Å². The first-order valence-electron chi connectivity index (χ1n) is 5.16. The molecule has 5 heteroatoms. The molecule has 0 spiro atoms. The number of carbonyl (C=O) groups excluding carboxylic acids is 1. The monoisotopic (exact) mass is 310 g/mol. The second-order valence-electron chi connectivity index (χ2n) is 3.42. The van der Waals surface area contributed by atoms with Crippen LogP contribution in [0.5, 0.6) is 0 Å². The van der Waals surface area contributed by atoms with Crippen LogP contribution in [0.4, 0.5) is 0 Å². The van der Waals surface area contributed by atoms with Crippen LogP contribution in [-0.4, -0.2) is 21.5 Å². The Bertz CT molecular complexity index is 482. The minimum atomic E-state index is 0.163. The lowest BCUT2D eigenvalue weighted by Gasteiger charge is -2.00. The summed E-state index contributed by atoms with van der Waals surface area (Å²) in [5.41, 5.74) is 0.758. The first-order chi connectivity index (χ1) is 8.25. The number of carbonyl (C=O) groups is 1. The van der Waals surface area contributed by atoms with Gasteiger partial charge in [0, 0.05) is 34.6 Å². The lowest BCUT2D eigenvalue weighted by atomic mass is 10.1. The van der Waals surface area contributed by atoms with E-state index in [1.165, 1.54) is 0 Å². The summed E-state index contributed by atoms with van der Waals surface area (Å²) >= 11 is 4.90. The predicted molar refractivity (Wildman–Crippen MR) is 72.4 cm³/mol. The van der Waals surface area contributed by atoms with E-state index in [0.717, 1.165) is 20.9 Å². The lowest BCUT2D eigenvalue weighted by molar-refractivity contribution is 0.0989. The number of hydrogen-bond donors (Lipinski definition) is 1. The van der Waals surface area contributed by atoms with E-state index in [1.807, 2.05) is 24.3 Å². The Morgan fingerprint density at radius 3 is 2.76 bits per heavy atom. The molecule has 0 amide bonds. The molecule has 0 aliphatic heterocycles. The van der Waals surface area contributed by atoms with Crippen LogP contribution in [0.15, 0.2) is 46.3 Å². The van der Waals surface area contributed by atoms with E-state index in [1.54, 1.807) is 24.2 Å². The minimum Gasteiger partial charge on any atom is -0.340 e. The molecule has 17 heavy (non-hydrogen) atoms. The quantitative estimate of drug-likeness (QED) is 0.678. The van der Waals surface area contributed by atoms with Crippen molar-refractivity contribution in [3.8, 4) is 0 Å². The second-order valence-corrected chi connectivity index (χ2v) is 5.42. The van der Waals surface area contributed by atoms with Crippen molar-refractivity contribution in [2.75, 3.05) is 5.75 Å². The third kappa shape index (κ3) is 3.71. The second kappa shape index (κ2) is 6.02. The van der Waals surface area contributed by atoms with Gasteiger partial charge in [0.15, 0.2) is 10.9 Å². The average molecular weight is 311 g/mol. The third-order valence-electron chi connectivity index (χ3n) is 2.21. The van der Waals surface area contributed by atoms with Crippen molar-refractivity contribution < 1.29 is 4.79 Å². The summed E-state index contributed by atoms with van der Waals surface area (Å²) < 4.78 is 0.985. The maximum Gasteiger partial charge on any atom is 0.165 e. The third-order valence-corrected chi connectivity index (χ3v) is 3.64. The fourth-order valence-electron chi connectivity index (χ4n) is 1.35. The largest absolute Gasteiger partial charge is 0.340 e. The minimum absolute atomic E-state index is 0.163. The van der Waals surface area contributed by atoms with Crippen molar-refractivity contribution in [3.05, 3.63) is 46.7 Å². The van der Waals surface area contributed by atoms with Crippen molar-refractivity contribution in [1.29, 1.82) is 0 Å². The molecule has 1 heterocycles. The zero-order chi connectivity index (χ0) is 12.1. The molecule has 0 aliphatic rings. The van der Waals surface area contributed by atoms with Crippen molar-refractivity contribution >= 4 is 33.5 Å². The number of H-pyrrole nitrogens is 1. The highest BCUT2D eigenvalue weighted by atomic mass is 79.9. The number of ketones is 1. The Balaban J connectivity index is 1.83. The van der Waals surface area contributed by atoms with Crippen LogP contribution >= 0.6 is 27.7 Å². The number of nitrogens with one attached hydrogen (secondary N) is 1. The van der Waals surface area contributed by atoms with Gasteiger partial charge in [-0.05, 0) is 12.1 Å². The zero-order valence-electron chi connectivity index (χ0n) is 9.02. The zero-order valence-corrected chi connectivity index (χ0v) is 11.4. The number of rotatable bonds is 5. The van der Waals surface area contributed by atoms with Gasteiger partial charge in [0.2, 0.25) is 0 Å². The number of imidazole rings is 1. The molecule has 0 atom stereocenters. The summed E-state index contributed by atoms with van der Waals surface area (Å²) in [6.07, 6.45) is 4.00. The lowest BCUT2D eigenvalue weighted by Crippen LogP contribution is -2.00. The van der Waals surface area contributed by atoms with Crippen LogP contribution in [0.1, 0.15) is 16.8 Å². The van der Waals surface area contributed by atoms with E-state index in [0.29, 0.717) is 6.42 Å². The Morgan fingerprint density at radius 1 is 1.35 bits per heavy atom. The fraction of sp³-hybridized carbons (Fsp3) is 0.167. The van der Waals surface area contributed by atoms with Crippen molar-refractivity contribution in [2.24, 2.45) is 0 Å². The summed E-state index contributed by atoms with van der Waals surface area (Å²) in [4.78, 5) is 18.9. The van der Waals surface area contributed by atoms with Crippen LogP contribution in [0.3, 0.4) is 0 Å². The predicted octanol–water partition coefficient (Wildman–Crippen LogP) is 3.54. The van der Waals surface area contributed by atoms with Gasteiger partial charge in [-0.15, -0.1) is 0 Å². The van der Waals surface area contributed by atoms with Gasteiger partial charge in [-0.1, -0.05) is 39.8 Å². The molecule has 1 aromatic heterocycles. The highest BCUT2D eigenvalue weighted by Crippen LogP contribution is 2.16. The SMILES string of the molecule is O=C(CCSc1ncc[nH]1)c1ccc(Br)cc1. The van der Waals surface area contributed by atoms with E-state index in [9.17, 15) is 4.79 Å². The smallest absolute Gasteiger partial charge is 0.165 e. The van der Waals surface area contributed by atoms with Crippen molar-refractivity contribution in [2.45, 2.75) is 11.6 Å². The molecule has 0 radical (unpaired) electrons. The number of hydrogen-bond acceptors (Lipinski definition) is 3. The molecular formula is C12H11BrN2OS. The van der Waals surface area contributed by atoms with Gasteiger partial charge in [0.25, 0.3) is 0 Å². The molecule has 0 aliphatic carbocycles. The topological polar surface area (TPSA) is 45.8 Å². The number of aromatic nitrogens is 2. The molecule has 0 fully saturated rings. The molecule has 1 N–H and O–H groups in total. The highest BCUT2D eigenvalue weighted by Gasteiger charge is 2.06. The Morgan fingerprint density at radius 2 is 2.12 bits per heavy atom. The number of Topliss-reactive ketones (excluding diaryl/α,β-unsaturated/α-hetero) is 1. The van der Waals surface area contributed by atoms with E-state index in [2.05, 4.69) is 25.9 Å². The Kier molecular flexibility index (Phi) is 4.39. The van der Waals surface area contributed by atoms with Gasteiger partial charge in [-0.2, -0.15) is 0 Å². The molecular weight excluding hydrogens is 300 g/mol. The number of thioether (sulfide) groups is 1. The maximum atomic E-state index is 11.8. The van der Waals surface area contributed by atoms with Gasteiger partial charge >= 0.3 is 0 Å². The number of aromatic amines is 1. The molecule has 0 unspecified atom stereocenters. The van der Waals surface area contributed by atoms with E-state index in [4.69, 9.17) is 0 Å². The van der Waals surface area contributed by atoms with Gasteiger partial charge < -0.3 is 4.98 Å². The molecule has 0 saturated heterocycles. The van der Waals surface area contributed by atoms with E-state index < -0.39 is 0 Å². The number of halogens is 1. The standard InChI is InChI=1S/C12H11BrN2OS/c13-10-3-1-9(2-4-10)11(16)5-8-17-12-14-6-7-15-12/h1-4,6-7H,5,8H2,(H,14,15). The van der Waals surface area contributed by atoms with Crippen LogP contribution in [0.25, 0.3) is 0 Å². The Hall–Kier alpha value is -1.07. The first-order valence-corrected chi connectivity index (χ1v) is 6.94. The fourth-order valence-corrected chi connectivity index (χ4v) is 2.38. The van der Waals surface area contributed by atoms with Gasteiger partial charge in [-0.25, -0.2) is 4.98 Å². The number of nitrogens with zero attached hydrogens (tertiary/aromatic N) is 1. The molecule has 2 rings (SSSR count). The molecule has 2 aromatic rings. The summed E-state index contributed by atoms with van der Waals surface area (Å²) in [5.74, 6) is 0.902. The van der Waals surface area contributed by atoms with Crippen LogP contribution in [-0.2, 0) is 0 Å². The molecule has 1 aromatic carbocycles. The average Bonchev–Trinajstić information content (AvgIpc) is 2.83. The van der Waals surface area contributed by atoms with Gasteiger partial charge in [0.1, 0.15) is 0 Å². The summed E-state index contributed by atoms with van der Waals surface area (Å²) in [5, 5.41) is 0.855. The molecule has 3 nitrogen and oxygen atoms in total. The van der Waals surface area contributed by atoms with Crippen molar-refractivity contribution in [1.82, 2.24) is 9.97 Å². The van der Waals surface area contributed by atoms with Crippen molar-refractivity contribution in [3.63, 3.8) is 0 Å². The summed E-state index contributed by atoms with van der Waals surface area (Å²) in [6, 6.07) is 7.44.